The summed E-state index contributed by atoms with van der Waals surface area (Å²) in [6.07, 6.45) is -0.592. The number of aryl methyl sites for hydroxylation is 1. The highest BCUT2D eigenvalue weighted by Gasteiger charge is 2.16. The molecule has 0 saturated carbocycles. The van der Waals surface area contributed by atoms with Crippen LogP contribution in [0.5, 0.6) is 11.5 Å². The number of aliphatic hydroxyl groups is 1. The summed E-state index contributed by atoms with van der Waals surface area (Å²) in [6, 6.07) is 23.2. The molecule has 3 aromatic carbocycles. The lowest BCUT2D eigenvalue weighted by molar-refractivity contribution is 0.135. The van der Waals surface area contributed by atoms with E-state index >= 15 is 0 Å². The molecule has 0 amide bonds. The summed E-state index contributed by atoms with van der Waals surface area (Å²) in [5, 5.41) is 25.9. The van der Waals surface area contributed by atoms with Crippen molar-refractivity contribution in [2.45, 2.75) is 39.1 Å². The van der Waals surface area contributed by atoms with Gasteiger partial charge in [0.25, 0.3) is 0 Å². The van der Waals surface area contributed by atoms with Gasteiger partial charge >= 0.3 is 0 Å². The minimum Gasteiger partial charge on any atom is -0.493 e. The standard InChI is InChI=1S/C26H29N5O3/c1-18-9-12-22(13-10-18)31-25(28-29-30-31)17-34-23-14-11-20(15-24(23)33-3)16-27-19(2)26(32)21-7-5-4-6-8-21/h4-15,19,26-27,32H,16-17H2,1-3H3/t19-,26-/m1/s1. The first-order valence-electron chi connectivity index (χ1n) is 11.2. The number of aromatic nitrogens is 4. The summed E-state index contributed by atoms with van der Waals surface area (Å²) in [4.78, 5) is 0. The maximum atomic E-state index is 10.6. The maximum absolute atomic E-state index is 10.6. The second kappa shape index (κ2) is 10.9. The van der Waals surface area contributed by atoms with Crippen LogP contribution in [0.25, 0.3) is 5.69 Å². The van der Waals surface area contributed by atoms with Crippen LogP contribution in [-0.4, -0.2) is 38.5 Å². The lowest BCUT2D eigenvalue weighted by Crippen LogP contribution is -2.31. The topological polar surface area (TPSA) is 94.3 Å². The molecule has 1 aromatic heterocycles. The summed E-state index contributed by atoms with van der Waals surface area (Å²) in [5.74, 6) is 1.80. The molecule has 0 radical (unpaired) electrons. The quantitative estimate of drug-likeness (QED) is 0.373. The number of nitrogens with zero attached hydrogens (tertiary/aromatic N) is 4. The highest BCUT2D eigenvalue weighted by molar-refractivity contribution is 5.43. The van der Waals surface area contributed by atoms with Crippen LogP contribution in [0.1, 0.15) is 35.5 Å². The van der Waals surface area contributed by atoms with E-state index < -0.39 is 6.10 Å². The number of rotatable bonds is 10. The van der Waals surface area contributed by atoms with Crippen LogP contribution < -0.4 is 14.8 Å². The van der Waals surface area contributed by atoms with Crippen LogP contribution in [0, 0.1) is 6.92 Å². The second-order valence-corrected chi connectivity index (χ2v) is 8.14. The van der Waals surface area contributed by atoms with Crippen molar-refractivity contribution in [1.29, 1.82) is 0 Å². The number of ether oxygens (including phenoxy) is 2. The predicted octanol–water partition coefficient (Wildman–Crippen LogP) is 3.77. The first-order chi connectivity index (χ1) is 16.5. The molecular formula is C26H29N5O3. The Bertz CT molecular complexity index is 1190. The van der Waals surface area contributed by atoms with Crippen LogP contribution >= 0.6 is 0 Å². The van der Waals surface area contributed by atoms with Crippen LogP contribution in [0.2, 0.25) is 0 Å². The zero-order chi connectivity index (χ0) is 23.9. The zero-order valence-electron chi connectivity index (χ0n) is 19.5. The molecule has 8 heteroatoms. The molecular weight excluding hydrogens is 430 g/mol. The molecule has 2 N–H and O–H groups in total. The van der Waals surface area contributed by atoms with Crippen LogP contribution in [0.4, 0.5) is 0 Å². The van der Waals surface area contributed by atoms with Gasteiger partial charge in [-0.1, -0.05) is 54.1 Å². The Morgan fingerprint density at radius 2 is 1.76 bits per heavy atom. The van der Waals surface area contributed by atoms with E-state index in [0.717, 1.165) is 22.4 Å². The Kier molecular flexibility index (Phi) is 7.51. The number of benzene rings is 3. The van der Waals surface area contributed by atoms with Gasteiger partial charge in [0, 0.05) is 12.6 Å². The molecule has 0 aliphatic rings. The Labute approximate surface area is 199 Å². The van der Waals surface area contributed by atoms with E-state index in [0.29, 0.717) is 23.9 Å². The third kappa shape index (κ3) is 5.59. The average Bonchev–Trinajstić information content (AvgIpc) is 3.35. The van der Waals surface area contributed by atoms with E-state index in [1.165, 1.54) is 0 Å². The fourth-order valence-electron chi connectivity index (χ4n) is 3.60. The summed E-state index contributed by atoms with van der Waals surface area (Å²) < 4.78 is 13.2. The van der Waals surface area contributed by atoms with E-state index in [1.807, 2.05) is 86.6 Å². The molecule has 0 aliphatic carbocycles. The molecule has 0 spiro atoms. The summed E-state index contributed by atoms with van der Waals surface area (Å²) in [5.41, 5.74) is 3.94. The fraction of sp³-hybridized carbons (Fsp3) is 0.269. The molecule has 2 atom stereocenters. The Hall–Kier alpha value is -3.75. The van der Waals surface area contributed by atoms with Gasteiger partial charge < -0.3 is 19.9 Å². The van der Waals surface area contributed by atoms with Gasteiger partial charge in [-0.25, -0.2) is 0 Å². The predicted molar refractivity (Wildman–Crippen MR) is 129 cm³/mol. The molecule has 34 heavy (non-hydrogen) atoms. The normalized spacial score (nSPS) is 12.8. The minimum atomic E-state index is -0.592. The molecule has 1 heterocycles. The average molecular weight is 460 g/mol. The lowest BCUT2D eigenvalue weighted by atomic mass is 10.0. The van der Waals surface area contributed by atoms with Gasteiger partial charge in [-0.05, 0) is 59.7 Å². The van der Waals surface area contributed by atoms with E-state index in [2.05, 4.69) is 20.8 Å². The molecule has 176 valence electrons. The van der Waals surface area contributed by atoms with Crippen molar-refractivity contribution >= 4 is 0 Å². The number of hydrogen-bond donors (Lipinski definition) is 2. The van der Waals surface area contributed by atoms with Crippen molar-refractivity contribution in [2.75, 3.05) is 7.11 Å². The van der Waals surface area contributed by atoms with E-state index in [1.54, 1.807) is 11.8 Å². The molecule has 0 aliphatic heterocycles. The van der Waals surface area contributed by atoms with Gasteiger partial charge in [0.05, 0.1) is 18.9 Å². The molecule has 0 fully saturated rings. The largest absolute Gasteiger partial charge is 0.493 e. The van der Waals surface area contributed by atoms with Crippen molar-refractivity contribution in [3.05, 3.63) is 95.3 Å². The van der Waals surface area contributed by atoms with Gasteiger partial charge in [-0.15, -0.1) is 5.10 Å². The Morgan fingerprint density at radius 3 is 2.50 bits per heavy atom. The van der Waals surface area contributed by atoms with Gasteiger partial charge in [0.1, 0.15) is 0 Å². The van der Waals surface area contributed by atoms with Crippen LogP contribution in [0.3, 0.4) is 0 Å². The fourth-order valence-corrected chi connectivity index (χ4v) is 3.60. The Morgan fingerprint density at radius 1 is 1.00 bits per heavy atom. The van der Waals surface area contributed by atoms with Crippen molar-refractivity contribution < 1.29 is 14.6 Å². The first kappa shape index (κ1) is 23.4. The lowest BCUT2D eigenvalue weighted by Gasteiger charge is -2.21. The van der Waals surface area contributed by atoms with Crippen LogP contribution in [-0.2, 0) is 13.2 Å². The molecule has 4 rings (SSSR count). The van der Waals surface area contributed by atoms with Crippen molar-refractivity contribution in [3.63, 3.8) is 0 Å². The van der Waals surface area contributed by atoms with E-state index in [9.17, 15) is 5.11 Å². The number of aliphatic hydroxyl groups excluding tert-OH is 1. The number of nitrogens with one attached hydrogen (secondary N) is 1. The second-order valence-electron chi connectivity index (χ2n) is 8.14. The highest BCUT2D eigenvalue weighted by Crippen LogP contribution is 2.29. The third-order valence-corrected chi connectivity index (χ3v) is 5.64. The maximum Gasteiger partial charge on any atom is 0.194 e. The molecule has 0 saturated heterocycles. The molecule has 8 nitrogen and oxygen atoms in total. The SMILES string of the molecule is COc1cc(CN[C@H](C)[C@@H](O)c2ccccc2)ccc1OCc1nnnn1-c1ccc(C)cc1. The number of methoxy groups -OCH3 is 1. The van der Waals surface area contributed by atoms with Gasteiger partial charge in [0.2, 0.25) is 0 Å². The summed E-state index contributed by atoms with van der Waals surface area (Å²) in [7, 11) is 1.61. The number of hydrogen-bond acceptors (Lipinski definition) is 7. The highest BCUT2D eigenvalue weighted by atomic mass is 16.5. The first-order valence-corrected chi connectivity index (χ1v) is 11.2. The van der Waals surface area contributed by atoms with Crippen molar-refractivity contribution in [1.82, 2.24) is 25.5 Å². The van der Waals surface area contributed by atoms with Gasteiger partial charge in [-0.3, -0.25) is 0 Å². The minimum absolute atomic E-state index is 0.120. The zero-order valence-corrected chi connectivity index (χ0v) is 19.5. The summed E-state index contributed by atoms with van der Waals surface area (Å²) >= 11 is 0. The van der Waals surface area contributed by atoms with E-state index in [-0.39, 0.29) is 12.6 Å². The van der Waals surface area contributed by atoms with Gasteiger partial charge in [0.15, 0.2) is 23.9 Å². The molecule has 0 bridgehead atoms. The number of tetrazole rings is 1. The van der Waals surface area contributed by atoms with E-state index in [4.69, 9.17) is 9.47 Å². The van der Waals surface area contributed by atoms with Crippen molar-refractivity contribution in [3.8, 4) is 17.2 Å². The van der Waals surface area contributed by atoms with Crippen LogP contribution in [0.15, 0.2) is 72.8 Å². The Balaban J connectivity index is 1.38. The molecule has 0 unspecified atom stereocenters. The van der Waals surface area contributed by atoms with Crippen molar-refractivity contribution in [2.24, 2.45) is 0 Å². The molecule has 4 aromatic rings. The third-order valence-electron chi connectivity index (χ3n) is 5.64. The monoisotopic (exact) mass is 459 g/mol. The summed E-state index contributed by atoms with van der Waals surface area (Å²) in [6.45, 7) is 4.76. The van der Waals surface area contributed by atoms with Gasteiger partial charge in [-0.2, -0.15) is 4.68 Å². The smallest absolute Gasteiger partial charge is 0.194 e.